The molecule has 1 fully saturated rings. The quantitative estimate of drug-likeness (QED) is 0.460. The van der Waals surface area contributed by atoms with E-state index in [1.165, 1.54) is 0 Å². The molecule has 1 aliphatic rings. The van der Waals surface area contributed by atoms with Crippen LogP contribution in [0, 0.1) is 5.89 Å². The van der Waals surface area contributed by atoms with E-state index in [0.29, 0.717) is 0 Å². The third-order valence-electron chi connectivity index (χ3n) is 1.64. The maximum Gasteiger partial charge on any atom is 0.0301 e. The van der Waals surface area contributed by atoms with Crippen molar-refractivity contribution in [3.05, 3.63) is 0 Å². The fourth-order valence-electron chi connectivity index (χ4n) is 0.872. The third-order valence-corrected chi connectivity index (χ3v) is 1.64. The Hall–Kier alpha value is -0.0400. The summed E-state index contributed by atoms with van der Waals surface area (Å²) in [4.78, 5) is 2.12. The average Bonchev–Trinajstić information content (AvgIpc) is 1.81. The summed E-state index contributed by atoms with van der Waals surface area (Å²) in [6, 6.07) is 0. The second kappa shape index (κ2) is 2.49. The molecule has 1 unspecified atom stereocenters. The number of piperidine rings is 1. The van der Waals surface area contributed by atoms with Crippen molar-refractivity contribution in [2.24, 2.45) is 5.89 Å². The highest BCUT2D eigenvalue weighted by Crippen LogP contribution is 2.13. The molecule has 0 aliphatic carbocycles. The predicted octanol–water partition coefficient (Wildman–Crippen LogP) is 1.35. The summed E-state index contributed by atoms with van der Waals surface area (Å²) < 4.78 is 15.3. The lowest BCUT2D eigenvalue weighted by Crippen LogP contribution is -2.28. The van der Waals surface area contributed by atoms with Gasteiger partial charge < -0.3 is 4.90 Å². The van der Waals surface area contributed by atoms with Crippen molar-refractivity contribution in [2.75, 3.05) is 20.1 Å². The topological polar surface area (TPSA) is 3.24 Å². The highest BCUT2D eigenvalue weighted by Gasteiger charge is 2.10. The lowest BCUT2D eigenvalue weighted by atomic mass is 10.00. The van der Waals surface area contributed by atoms with Crippen molar-refractivity contribution >= 4 is 0 Å². The Kier molecular flexibility index (Phi) is 1.21. The highest BCUT2D eigenvalue weighted by molar-refractivity contribution is 4.65. The zero-order valence-electron chi connectivity index (χ0n) is 7.65. The molecule has 1 rings (SSSR count). The van der Waals surface area contributed by atoms with E-state index in [2.05, 4.69) is 4.90 Å². The van der Waals surface area contributed by atoms with Crippen LogP contribution in [0.1, 0.15) is 22.5 Å². The van der Waals surface area contributed by atoms with Gasteiger partial charge in [-0.15, -0.1) is 0 Å². The zero-order valence-corrected chi connectivity index (χ0v) is 5.65. The number of nitrogens with zero attached hydrogens (tertiary/aromatic N) is 1. The molecule has 0 aromatic carbocycles. The van der Waals surface area contributed by atoms with Crippen molar-refractivity contribution in [1.29, 1.82) is 0 Å². The molecule has 8 heavy (non-hydrogen) atoms. The molecule has 48 valence electrons. The Labute approximate surface area is 54.5 Å². The first-order valence-electron chi connectivity index (χ1n) is 4.21. The standard InChI is InChI=1S/C7H15N/c1-7-3-5-8(2)6-4-7/h7H,3-6H2,1-2H3/i3D,7D/t3?,7-/m1/s1. The molecule has 2 atom stereocenters. The van der Waals surface area contributed by atoms with E-state index in [4.69, 9.17) is 2.74 Å². The fourth-order valence-corrected chi connectivity index (χ4v) is 0.872. The van der Waals surface area contributed by atoms with Gasteiger partial charge in [-0.1, -0.05) is 6.92 Å². The molecule has 1 saturated heterocycles. The minimum absolute atomic E-state index is 0.230. The van der Waals surface area contributed by atoms with Crippen LogP contribution in [-0.4, -0.2) is 25.0 Å². The molecule has 0 spiro atoms. The van der Waals surface area contributed by atoms with Gasteiger partial charge in [-0.05, 0) is 38.8 Å². The molecule has 1 nitrogen and oxygen atoms in total. The number of hydrogen-bond donors (Lipinski definition) is 0. The van der Waals surface area contributed by atoms with Crippen LogP contribution in [0.5, 0.6) is 0 Å². The molecular formula is C7H15N. The van der Waals surface area contributed by atoms with Gasteiger partial charge in [0.25, 0.3) is 0 Å². The Morgan fingerprint density at radius 1 is 1.75 bits per heavy atom. The highest BCUT2D eigenvalue weighted by atomic mass is 15.1. The number of likely N-dealkylation sites (tertiary alicyclic amines) is 1. The van der Waals surface area contributed by atoms with Crippen molar-refractivity contribution < 1.29 is 2.74 Å². The molecule has 0 saturated carbocycles. The normalized spacial score (nSPS) is 55.0. The van der Waals surface area contributed by atoms with Crippen LogP contribution in [-0.2, 0) is 0 Å². The van der Waals surface area contributed by atoms with E-state index >= 15 is 0 Å². The van der Waals surface area contributed by atoms with Gasteiger partial charge in [0.05, 0.1) is 0 Å². The SMILES string of the molecule is [2H]C1CN(C)CC[C@]1([2H])C. The third kappa shape index (κ3) is 1.48. The van der Waals surface area contributed by atoms with Crippen molar-refractivity contribution in [3.63, 3.8) is 0 Å². The van der Waals surface area contributed by atoms with Crippen LogP contribution < -0.4 is 0 Å². The van der Waals surface area contributed by atoms with Crippen LogP contribution >= 0.6 is 0 Å². The average molecular weight is 115 g/mol. The Balaban J connectivity index is 2.52. The summed E-state index contributed by atoms with van der Waals surface area (Å²) in [6.45, 7) is 3.58. The van der Waals surface area contributed by atoms with Crippen LogP contribution in [0.3, 0.4) is 0 Å². The lowest BCUT2D eigenvalue weighted by Gasteiger charge is -2.26. The van der Waals surface area contributed by atoms with Gasteiger partial charge in [-0.2, -0.15) is 0 Å². The zero-order chi connectivity index (χ0) is 7.78. The fraction of sp³-hybridized carbons (Fsp3) is 1.00. The van der Waals surface area contributed by atoms with E-state index in [9.17, 15) is 0 Å². The van der Waals surface area contributed by atoms with Gasteiger partial charge in [0, 0.05) is 2.74 Å². The van der Waals surface area contributed by atoms with E-state index in [-0.39, 0.29) is 6.40 Å². The minimum atomic E-state index is -0.507. The predicted molar refractivity (Wildman–Crippen MR) is 35.9 cm³/mol. The van der Waals surface area contributed by atoms with Crippen molar-refractivity contribution in [3.8, 4) is 0 Å². The summed E-state index contributed by atoms with van der Waals surface area (Å²) in [5.41, 5.74) is 0. The summed E-state index contributed by atoms with van der Waals surface area (Å²) in [5.74, 6) is -0.507. The van der Waals surface area contributed by atoms with E-state index < -0.39 is 5.89 Å². The molecule has 0 aromatic rings. The Morgan fingerprint density at radius 3 is 3.00 bits per heavy atom. The molecule has 1 heterocycles. The Bertz CT molecular complexity index is 125. The van der Waals surface area contributed by atoms with E-state index in [0.717, 1.165) is 19.5 Å². The number of rotatable bonds is 0. The van der Waals surface area contributed by atoms with E-state index in [1.807, 2.05) is 14.0 Å². The molecular weight excluding hydrogens is 98.1 g/mol. The number of hydrogen-bond acceptors (Lipinski definition) is 1. The maximum absolute atomic E-state index is 7.71. The molecule has 0 bridgehead atoms. The summed E-state index contributed by atoms with van der Waals surface area (Å²) >= 11 is 0. The smallest absolute Gasteiger partial charge is 0.0301 e. The minimum Gasteiger partial charge on any atom is -0.306 e. The van der Waals surface area contributed by atoms with Gasteiger partial charge >= 0.3 is 0 Å². The molecule has 0 radical (unpaired) electrons. The van der Waals surface area contributed by atoms with Crippen LogP contribution in [0.25, 0.3) is 0 Å². The van der Waals surface area contributed by atoms with Gasteiger partial charge in [-0.3, -0.25) is 0 Å². The molecule has 0 aromatic heterocycles. The Morgan fingerprint density at radius 2 is 2.50 bits per heavy atom. The second-order valence-electron chi connectivity index (χ2n) is 2.56. The largest absolute Gasteiger partial charge is 0.306 e. The lowest BCUT2D eigenvalue weighted by molar-refractivity contribution is 0.230. The van der Waals surface area contributed by atoms with Crippen LogP contribution in [0.15, 0.2) is 0 Å². The van der Waals surface area contributed by atoms with Gasteiger partial charge in [0.15, 0.2) is 0 Å². The van der Waals surface area contributed by atoms with Crippen molar-refractivity contribution in [2.45, 2.75) is 19.7 Å². The maximum atomic E-state index is 7.71. The van der Waals surface area contributed by atoms with Crippen LogP contribution in [0.4, 0.5) is 0 Å². The molecule has 1 aliphatic heterocycles. The van der Waals surface area contributed by atoms with Gasteiger partial charge in [0.2, 0.25) is 0 Å². The first-order valence-corrected chi connectivity index (χ1v) is 3.13. The summed E-state index contributed by atoms with van der Waals surface area (Å²) in [6.07, 6.45) is 0.601. The molecule has 1 heteroatoms. The summed E-state index contributed by atoms with van der Waals surface area (Å²) in [5, 5.41) is 0. The van der Waals surface area contributed by atoms with Gasteiger partial charge in [0.1, 0.15) is 0 Å². The monoisotopic (exact) mass is 115 g/mol. The van der Waals surface area contributed by atoms with Crippen molar-refractivity contribution in [1.82, 2.24) is 4.90 Å². The summed E-state index contributed by atoms with van der Waals surface area (Å²) in [7, 11) is 2.01. The first-order chi connectivity index (χ1) is 4.52. The van der Waals surface area contributed by atoms with Crippen LogP contribution in [0.2, 0.25) is 0 Å². The molecule has 0 N–H and O–H groups in total. The first kappa shape index (κ1) is 3.89. The molecule has 0 amide bonds. The van der Waals surface area contributed by atoms with E-state index in [1.54, 1.807) is 0 Å². The van der Waals surface area contributed by atoms with Gasteiger partial charge in [-0.25, -0.2) is 0 Å². The second-order valence-corrected chi connectivity index (χ2v) is 2.56.